The predicted molar refractivity (Wildman–Crippen MR) is 54.2 cm³/mol. The Labute approximate surface area is 90.4 Å². The van der Waals surface area contributed by atoms with E-state index in [0.717, 1.165) is 12.1 Å². The first kappa shape index (κ1) is 11.7. The maximum atomic E-state index is 13.3. The van der Waals surface area contributed by atoms with Crippen molar-refractivity contribution < 1.29 is 14.1 Å². The molecule has 1 aromatic rings. The molecule has 0 bridgehead atoms. The molecular formula is C10H7FN2O3. The zero-order valence-corrected chi connectivity index (χ0v) is 8.07. The second-order valence-electron chi connectivity index (χ2n) is 2.81. The molecule has 0 aliphatic heterocycles. The van der Waals surface area contributed by atoms with Gasteiger partial charge in [0.1, 0.15) is 5.82 Å². The van der Waals surface area contributed by atoms with E-state index in [9.17, 15) is 19.3 Å². The van der Waals surface area contributed by atoms with Crippen LogP contribution >= 0.6 is 0 Å². The van der Waals surface area contributed by atoms with Crippen molar-refractivity contribution in [3.63, 3.8) is 0 Å². The van der Waals surface area contributed by atoms with E-state index in [4.69, 9.17) is 6.42 Å². The van der Waals surface area contributed by atoms with E-state index in [1.165, 1.54) is 0 Å². The fourth-order valence-electron chi connectivity index (χ4n) is 1.03. The van der Waals surface area contributed by atoms with Gasteiger partial charge < -0.3 is 5.32 Å². The van der Waals surface area contributed by atoms with Crippen LogP contribution in [-0.4, -0.2) is 17.4 Å². The van der Waals surface area contributed by atoms with Crippen molar-refractivity contribution in [3.05, 3.63) is 39.7 Å². The molecule has 0 unspecified atom stereocenters. The molecule has 1 amide bonds. The lowest BCUT2D eigenvalue weighted by Crippen LogP contribution is -2.24. The first-order valence-electron chi connectivity index (χ1n) is 4.22. The standard InChI is InChI=1S/C10H7FN2O3/c1-2-5-12-10(14)8-4-3-7(13(15)16)6-9(8)11/h1,3-4,6H,5H2,(H,12,14). The second kappa shape index (κ2) is 4.89. The normalized spacial score (nSPS) is 9.25. The molecule has 1 rings (SSSR count). The number of halogens is 1. The van der Waals surface area contributed by atoms with Gasteiger partial charge in [-0.05, 0) is 6.07 Å². The van der Waals surface area contributed by atoms with Crippen molar-refractivity contribution in [2.75, 3.05) is 6.54 Å². The van der Waals surface area contributed by atoms with Gasteiger partial charge in [0.2, 0.25) is 0 Å². The third-order valence-electron chi connectivity index (χ3n) is 1.76. The molecule has 0 fully saturated rings. The lowest BCUT2D eigenvalue weighted by atomic mass is 10.2. The fourth-order valence-corrected chi connectivity index (χ4v) is 1.03. The number of non-ortho nitro benzene ring substituents is 1. The van der Waals surface area contributed by atoms with Crippen molar-refractivity contribution in [3.8, 4) is 12.3 Å². The minimum Gasteiger partial charge on any atom is -0.341 e. The summed E-state index contributed by atoms with van der Waals surface area (Å²) in [6.07, 6.45) is 4.91. The van der Waals surface area contributed by atoms with Crippen LogP contribution in [0.25, 0.3) is 0 Å². The molecule has 0 aromatic heterocycles. The summed E-state index contributed by atoms with van der Waals surface area (Å²) in [6.45, 7) is -0.0325. The van der Waals surface area contributed by atoms with E-state index in [1.807, 2.05) is 0 Å². The van der Waals surface area contributed by atoms with Gasteiger partial charge in [-0.15, -0.1) is 6.42 Å². The summed E-state index contributed by atoms with van der Waals surface area (Å²) in [7, 11) is 0. The van der Waals surface area contributed by atoms with E-state index < -0.39 is 22.3 Å². The van der Waals surface area contributed by atoms with Crippen molar-refractivity contribution in [2.24, 2.45) is 0 Å². The van der Waals surface area contributed by atoms with Crippen LogP contribution in [0.1, 0.15) is 10.4 Å². The van der Waals surface area contributed by atoms with Crippen molar-refractivity contribution in [1.29, 1.82) is 0 Å². The number of hydrogen-bond acceptors (Lipinski definition) is 3. The Hall–Kier alpha value is -2.42. The molecule has 0 saturated carbocycles. The van der Waals surface area contributed by atoms with Gasteiger partial charge in [0.25, 0.3) is 11.6 Å². The van der Waals surface area contributed by atoms with Crippen LogP contribution in [0.2, 0.25) is 0 Å². The predicted octanol–water partition coefficient (Wildman–Crippen LogP) is 1.10. The first-order chi connectivity index (χ1) is 7.56. The number of nitrogens with one attached hydrogen (secondary N) is 1. The number of nitro groups is 1. The van der Waals surface area contributed by atoms with Gasteiger partial charge in [0, 0.05) is 6.07 Å². The van der Waals surface area contributed by atoms with E-state index >= 15 is 0 Å². The number of benzene rings is 1. The van der Waals surface area contributed by atoms with Gasteiger partial charge in [-0.2, -0.15) is 0 Å². The summed E-state index contributed by atoms with van der Waals surface area (Å²) in [5, 5.41) is 12.6. The summed E-state index contributed by atoms with van der Waals surface area (Å²) >= 11 is 0. The number of terminal acetylenes is 1. The Morgan fingerprint density at radius 1 is 1.62 bits per heavy atom. The summed E-state index contributed by atoms with van der Waals surface area (Å²) < 4.78 is 13.3. The van der Waals surface area contributed by atoms with Gasteiger partial charge in [0.05, 0.1) is 23.1 Å². The van der Waals surface area contributed by atoms with E-state index in [2.05, 4.69) is 11.2 Å². The molecule has 0 aliphatic rings. The molecule has 6 heteroatoms. The van der Waals surface area contributed by atoms with Crippen molar-refractivity contribution in [1.82, 2.24) is 5.32 Å². The monoisotopic (exact) mass is 222 g/mol. The molecule has 1 N–H and O–H groups in total. The third kappa shape index (κ3) is 2.54. The smallest absolute Gasteiger partial charge is 0.272 e. The second-order valence-corrected chi connectivity index (χ2v) is 2.81. The largest absolute Gasteiger partial charge is 0.341 e. The third-order valence-corrected chi connectivity index (χ3v) is 1.76. The fraction of sp³-hybridized carbons (Fsp3) is 0.100. The molecule has 1 aromatic carbocycles. The topological polar surface area (TPSA) is 72.2 Å². The molecule has 5 nitrogen and oxygen atoms in total. The number of rotatable bonds is 3. The van der Waals surface area contributed by atoms with Crippen LogP contribution in [0.15, 0.2) is 18.2 Å². The molecule has 82 valence electrons. The van der Waals surface area contributed by atoms with Crippen molar-refractivity contribution >= 4 is 11.6 Å². The van der Waals surface area contributed by atoms with Gasteiger partial charge in [0.15, 0.2) is 0 Å². The molecule has 0 atom stereocenters. The number of carbonyl (C=O) groups excluding carboxylic acids is 1. The van der Waals surface area contributed by atoms with Crippen LogP contribution in [0.3, 0.4) is 0 Å². The van der Waals surface area contributed by atoms with E-state index in [1.54, 1.807) is 0 Å². The van der Waals surface area contributed by atoms with Crippen LogP contribution in [0.5, 0.6) is 0 Å². The van der Waals surface area contributed by atoms with Crippen LogP contribution in [0.4, 0.5) is 10.1 Å². The van der Waals surface area contributed by atoms with E-state index in [-0.39, 0.29) is 12.1 Å². The van der Waals surface area contributed by atoms with Crippen LogP contribution in [0, 0.1) is 28.3 Å². The summed E-state index contributed by atoms with van der Waals surface area (Å²) in [4.78, 5) is 20.9. The Kier molecular flexibility index (Phi) is 3.56. The van der Waals surface area contributed by atoms with Gasteiger partial charge >= 0.3 is 0 Å². The molecule has 0 saturated heterocycles. The van der Waals surface area contributed by atoms with Gasteiger partial charge in [-0.3, -0.25) is 14.9 Å². The Morgan fingerprint density at radius 3 is 2.81 bits per heavy atom. The number of nitrogens with zero attached hydrogens (tertiary/aromatic N) is 1. The van der Waals surface area contributed by atoms with Gasteiger partial charge in [-0.1, -0.05) is 5.92 Å². The molecule has 0 aliphatic carbocycles. The molecule has 0 radical (unpaired) electrons. The number of carbonyl (C=O) groups is 1. The average Bonchev–Trinajstić information content (AvgIpc) is 2.25. The summed E-state index contributed by atoms with van der Waals surface area (Å²) in [5.41, 5.74) is -0.688. The highest BCUT2D eigenvalue weighted by molar-refractivity contribution is 5.94. The minimum absolute atomic E-state index is 0.0325. The highest BCUT2D eigenvalue weighted by atomic mass is 19.1. The average molecular weight is 222 g/mol. The van der Waals surface area contributed by atoms with Crippen molar-refractivity contribution in [2.45, 2.75) is 0 Å². The first-order valence-corrected chi connectivity index (χ1v) is 4.22. The molecular weight excluding hydrogens is 215 g/mol. The Balaban J connectivity index is 2.95. The molecule has 16 heavy (non-hydrogen) atoms. The highest BCUT2D eigenvalue weighted by Gasteiger charge is 2.15. The van der Waals surface area contributed by atoms with Gasteiger partial charge in [-0.25, -0.2) is 4.39 Å². The maximum absolute atomic E-state index is 13.3. The maximum Gasteiger partial charge on any atom is 0.272 e. The summed E-state index contributed by atoms with van der Waals surface area (Å²) in [5.74, 6) is 0.497. The number of nitro benzene ring substituents is 1. The highest BCUT2D eigenvalue weighted by Crippen LogP contribution is 2.16. The summed E-state index contributed by atoms with van der Waals surface area (Å²) in [6, 6.07) is 2.78. The zero-order valence-electron chi connectivity index (χ0n) is 8.07. The SMILES string of the molecule is C#CCNC(=O)c1ccc([N+](=O)[O-])cc1F. The quantitative estimate of drug-likeness (QED) is 0.472. The van der Waals surface area contributed by atoms with E-state index in [0.29, 0.717) is 6.07 Å². The Bertz CT molecular complexity index is 479. The molecule has 0 spiro atoms. The zero-order chi connectivity index (χ0) is 12.1. The number of amides is 1. The van der Waals surface area contributed by atoms with Crippen LogP contribution in [-0.2, 0) is 0 Å². The minimum atomic E-state index is -0.955. The lowest BCUT2D eigenvalue weighted by Gasteiger charge is -2.02. The van der Waals surface area contributed by atoms with Crippen LogP contribution < -0.4 is 5.32 Å². The molecule has 0 heterocycles. The Morgan fingerprint density at radius 2 is 2.31 bits per heavy atom. The number of hydrogen-bond donors (Lipinski definition) is 1. The lowest BCUT2D eigenvalue weighted by molar-refractivity contribution is -0.385.